The second kappa shape index (κ2) is 4.08. The maximum atomic E-state index is 12.2. The molecule has 0 aliphatic heterocycles. The number of hydrogen-bond donors (Lipinski definition) is 0. The molecule has 0 radical (unpaired) electrons. The van der Waals surface area contributed by atoms with Crippen LogP contribution in [-0.4, -0.2) is 20.1 Å². The highest BCUT2D eigenvalue weighted by Crippen LogP contribution is 2.36. The van der Waals surface area contributed by atoms with Gasteiger partial charge in [0.25, 0.3) is 0 Å². The first-order chi connectivity index (χ1) is 9.00. The summed E-state index contributed by atoms with van der Waals surface area (Å²) in [5.41, 5.74) is 3.08. The van der Waals surface area contributed by atoms with Crippen molar-refractivity contribution >= 4 is 5.78 Å². The SMILES string of the molecule is CCn1cc(-n2ccc3c2CC(C)(C)CC3=O)cn1. The fourth-order valence-corrected chi connectivity index (χ4v) is 2.84. The lowest BCUT2D eigenvalue weighted by Gasteiger charge is -2.29. The van der Waals surface area contributed by atoms with Crippen molar-refractivity contribution in [3.8, 4) is 5.69 Å². The van der Waals surface area contributed by atoms with Crippen molar-refractivity contribution in [3.63, 3.8) is 0 Å². The summed E-state index contributed by atoms with van der Waals surface area (Å²) in [7, 11) is 0. The summed E-state index contributed by atoms with van der Waals surface area (Å²) < 4.78 is 4.00. The van der Waals surface area contributed by atoms with E-state index < -0.39 is 0 Å². The molecule has 19 heavy (non-hydrogen) atoms. The molecule has 0 amide bonds. The summed E-state index contributed by atoms with van der Waals surface area (Å²) in [6.45, 7) is 7.23. The molecule has 0 N–H and O–H groups in total. The normalized spacial score (nSPS) is 17.5. The Kier molecular flexibility index (Phi) is 2.62. The van der Waals surface area contributed by atoms with Crippen LogP contribution < -0.4 is 0 Å². The van der Waals surface area contributed by atoms with Gasteiger partial charge in [-0.1, -0.05) is 13.8 Å². The van der Waals surface area contributed by atoms with Crippen LogP contribution in [0.4, 0.5) is 0 Å². The Hall–Kier alpha value is -1.84. The molecule has 0 unspecified atom stereocenters. The first kappa shape index (κ1) is 12.2. The summed E-state index contributed by atoms with van der Waals surface area (Å²) >= 11 is 0. The lowest BCUT2D eigenvalue weighted by atomic mass is 9.76. The van der Waals surface area contributed by atoms with E-state index in [1.165, 1.54) is 0 Å². The molecule has 0 spiro atoms. The number of carbonyl (C=O) groups is 1. The van der Waals surface area contributed by atoms with E-state index in [1.54, 1.807) is 0 Å². The molecular weight excluding hydrogens is 238 g/mol. The number of aryl methyl sites for hydroxylation is 1. The third kappa shape index (κ3) is 2.01. The minimum atomic E-state index is 0.0426. The number of carbonyl (C=O) groups excluding carboxylic acids is 1. The molecule has 0 saturated heterocycles. The van der Waals surface area contributed by atoms with Gasteiger partial charge >= 0.3 is 0 Å². The van der Waals surface area contributed by atoms with E-state index in [-0.39, 0.29) is 11.2 Å². The Morgan fingerprint density at radius 2 is 2.16 bits per heavy atom. The zero-order valence-electron chi connectivity index (χ0n) is 11.7. The Bertz CT molecular complexity index is 634. The van der Waals surface area contributed by atoms with E-state index in [2.05, 4.69) is 30.4 Å². The summed E-state index contributed by atoms with van der Waals surface area (Å²) in [6, 6.07) is 1.94. The fraction of sp³-hybridized carbons (Fsp3) is 0.467. The van der Waals surface area contributed by atoms with Crippen LogP contribution in [-0.2, 0) is 13.0 Å². The lowest BCUT2D eigenvalue weighted by molar-refractivity contribution is 0.0911. The highest BCUT2D eigenvalue weighted by Gasteiger charge is 2.33. The van der Waals surface area contributed by atoms with Crippen LogP contribution in [0, 0.1) is 5.41 Å². The molecule has 4 nitrogen and oxygen atoms in total. The minimum absolute atomic E-state index is 0.0426. The molecule has 1 aliphatic carbocycles. The molecule has 0 atom stereocenters. The van der Waals surface area contributed by atoms with Gasteiger partial charge in [-0.2, -0.15) is 5.10 Å². The number of nitrogens with zero attached hydrogens (tertiary/aromatic N) is 3. The number of aromatic nitrogens is 3. The Labute approximate surface area is 113 Å². The molecule has 0 saturated carbocycles. The van der Waals surface area contributed by atoms with Gasteiger partial charge in [-0.25, -0.2) is 0 Å². The van der Waals surface area contributed by atoms with Crippen molar-refractivity contribution in [2.45, 2.75) is 40.2 Å². The highest BCUT2D eigenvalue weighted by molar-refractivity contribution is 5.99. The molecule has 2 aromatic heterocycles. The molecule has 0 bridgehead atoms. The first-order valence-corrected chi connectivity index (χ1v) is 6.76. The number of hydrogen-bond acceptors (Lipinski definition) is 2. The smallest absolute Gasteiger partial charge is 0.165 e. The van der Waals surface area contributed by atoms with Gasteiger partial charge in [-0.15, -0.1) is 0 Å². The average Bonchev–Trinajstić information content (AvgIpc) is 2.92. The lowest BCUT2D eigenvalue weighted by Crippen LogP contribution is -2.27. The van der Waals surface area contributed by atoms with Crippen molar-refractivity contribution in [3.05, 3.63) is 35.9 Å². The second-order valence-corrected chi connectivity index (χ2v) is 6.04. The van der Waals surface area contributed by atoms with Crippen LogP contribution in [0.3, 0.4) is 0 Å². The van der Waals surface area contributed by atoms with Gasteiger partial charge in [0.2, 0.25) is 0 Å². The van der Waals surface area contributed by atoms with Gasteiger partial charge in [-0.3, -0.25) is 9.48 Å². The predicted molar refractivity (Wildman–Crippen MR) is 73.7 cm³/mol. The molecule has 4 heteroatoms. The van der Waals surface area contributed by atoms with E-state index in [1.807, 2.05) is 29.3 Å². The Morgan fingerprint density at radius 3 is 2.84 bits per heavy atom. The van der Waals surface area contributed by atoms with Crippen molar-refractivity contribution in [2.75, 3.05) is 0 Å². The maximum absolute atomic E-state index is 12.2. The topological polar surface area (TPSA) is 39.8 Å². The minimum Gasteiger partial charge on any atom is -0.317 e. The summed E-state index contributed by atoms with van der Waals surface area (Å²) in [5, 5.41) is 4.31. The van der Waals surface area contributed by atoms with Crippen molar-refractivity contribution in [1.82, 2.24) is 14.3 Å². The molecule has 0 aromatic carbocycles. The monoisotopic (exact) mass is 257 g/mol. The molecule has 1 aliphatic rings. The zero-order chi connectivity index (χ0) is 13.6. The quantitative estimate of drug-likeness (QED) is 0.830. The van der Waals surface area contributed by atoms with Gasteiger partial charge in [0.1, 0.15) is 0 Å². The largest absolute Gasteiger partial charge is 0.317 e. The maximum Gasteiger partial charge on any atom is 0.165 e. The molecular formula is C15H19N3O. The van der Waals surface area contributed by atoms with Gasteiger partial charge in [0.05, 0.1) is 11.9 Å². The third-order valence-corrected chi connectivity index (χ3v) is 3.80. The number of ketones is 1. The summed E-state index contributed by atoms with van der Waals surface area (Å²) in [4.78, 5) is 12.2. The van der Waals surface area contributed by atoms with E-state index >= 15 is 0 Å². The van der Waals surface area contributed by atoms with Gasteiger partial charge in [0.15, 0.2) is 5.78 Å². The van der Waals surface area contributed by atoms with E-state index in [0.717, 1.165) is 29.9 Å². The van der Waals surface area contributed by atoms with Crippen LogP contribution in [0.25, 0.3) is 5.69 Å². The standard InChI is InChI=1S/C15H19N3O/c1-4-17-10-11(9-16-17)18-6-5-12-13(18)7-15(2,3)8-14(12)19/h5-6,9-10H,4,7-8H2,1-3H3. The Morgan fingerprint density at radius 1 is 1.37 bits per heavy atom. The van der Waals surface area contributed by atoms with Crippen LogP contribution in [0.2, 0.25) is 0 Å². The van der Waals surface area contributed by atoms with Crippen LogP contribution in [0.15, 0.2) is 24.7 Å². The van der Waals surface area contributed by atoms with E-state index in [0.29, 0.717) is 6.42 Å². The van der Waals surface area contributed by atoms with Crippen LogP contribution in [0.1, 0.15) is 43.2 Å². The molecule has 100 valence electrons. The second-order valence-electron chi connectivity index (χ2n) is 6.04. The summed E-state index contributed by atoms with van der Waals surface area (Å²) in [6.07, 6.45) is 7.43. The molecule has 0 fully saturated rings. The Balaban J connectivity index is 2.08. The zero-order valence-corrected chi connectivity index (χ0v) is 11.7. The van der Waals surface area contributed by atoms with E-state index in [9.17, 15) is 4.79 Å². The van der Waals surface area contributed by atoms with Gasteiger partial charge in [0, 0.05) is 36.6 Å². The van der Waals surface area contributed by atoms with Gasteiger partial charge in [-0.05, 0) is 24.8 Å². The molecule has 2 heterocycles. The molecule has 2 aromatic rings. The third-order valence-electron chi connectivity index (χ3n) is 3.80. The predicted octanol–water partition coefficient (Wildman–Crippen LogP) is 2.85. The van der Waals surface area contributed by atoms with Crippen molar-refractivity contribution in [2.24, 2.45) is 5.41 Å². The van der Waals surface area contributed by atoms with E-state index in [4.69, 9.17) is 0 Å². The fourth-order valence-electron chi connectivity index (χ4n) is 2.84. The van der Waals surface area contributed by atoms with Crippen molar-refractivity contribution < 1.29 is 4.79 Å². The highest BCUT2D eigenvalue weighted by atomic mass is 16.1. The number of rotatable bonds is 2. The number of Topliss-reactive ketones (excluding diaryl/α,β-unsaturated/α-hetero) is 1. The average molecular weight is 257 g/mol. The first-order valence-electron chi connectivity index (χ1n) is 6.76. The summed E-state index contributed by atoms with van der Waals surface area (Å²) in [5.74, 6) is 0.257. The van der Waals surface area contributed by atoms with Crippen molar-refractivity contribution in [1.29, 1.82) is 0 Å². The van der Waals surface area contributed by atoms with Crippen LogP contribution in [0.5, 0.6) is 0 Å². The number of fused-ring (bicyclic) bond motifs is 1. The van der Waals surface area contributed by atoms with Gasteiger partial charge < -0.3 is 4.57 Å². The van der Waals surface area contributed by atoms with Crippen LogP contribution >= 0.6 is 0 Å². The molecule has 3 rings (SSSR count).